The summed E-state index contributed by atoms with van der Waals surface area (Å²) in [5, 5.41) is 0. The minimum absolute atomic E-state index is 0.586. The second-order valence-corrected chi connectivity index (χ2v) is 8.19. The molecule has 0 atom stereocenters. The van der Waals surface area contributed by atoms with Crippen LogP contribution in [0.5, 0.6) is 0 Å². The van der Waals surface area contributed by atoms with Crippen LogP contribution in [0.25, 0.3) is 0 Å². The fraction of sp³-hybridized carbons (Fsp3) is 1.00. The van der Waals surface area contributed by atoms with Crippen molar-refractivity contribution in [3.8, 4) is 0 Å². The van der Waals surface area contributed by atoms with Crippen molar-refractivity contribution in [1.82, 2.24) is 0 Å². The van der Waals surface area contributed by atoms with E-state index in [-0.39, 0.29) is 0 Å². The van der Waals surface area contributed by atoms with E-state index in [4.69, 9.17) is 0 Å². The fourth-order valence-electron chi connectivity index (χ4n) is 4.33. The van der Waals surface area contributed by atoms with Gasteiger partial charge in [-0.15, -0.1) is 0 Å². The van der Waals surface area contributed by atoms with Crippen molar-refractivity contribution in [1.29, 1.82) is 0 Å². The molecule has 0 aromatic carbocycles. The van der Waals surface area contributed by atoms with Gasteiger partial charge >= 0.3 is 0 Å². The lowest BCUT2D eigenvalue weighted by atomic mass is 9.47. The Hall–Kier alpha value is 0. The summed E-state index contributed by atoms with van der Waals surface area (Å²) >= 11 is 0. The molecule has 0 nitrogen and oxygen atoms in total. The quantitative estimate of drug-likeness (QED) is 0.513. The summed E-state index contributed by atoms with van der Waals surface area (Å²) in [4.78, 5) is 0. The molecule has 1 spiro atoms. The fourth-order valence-corrected chi connectivity index (χ4v) is 4.33. The van der Waals surface area contributed by atoms with Gasteiger partial charge in [0, 0.05) is 0 Å². The zero-order valence-electron chi connectivity index (χ0n) is 12.0. The van der Waals surface area contributed by atoms with Crippen molar-refractivity contribution >= 4 is 0 Å². The van der Waals surface area contributed by atoms with Crippen molar-refractivity contribution in [3.63, 3.8) is 0 Å². The van der Waals surface area contributed by atoms with Crippen LogP contribution in [0.1, 0.15) is 79.6 Å². The Labute approximate surface area is 102 Å². The van der Waals surface area contributed by atoms with Crippen LogP contribution in [0.2, 0.25) is 0 Å². The van der Waals surface area contributed by atoms with Crippen molar-refractivity contribution in [2.45, 2.75) is 79.6 Å². The molecule has 0 heterocycles. The topological polar surface area (TPSA) is 0 Å². The third-order valence-corrected chi connectivity index (χ3v) is 5.91. The molecular weight excluding hydrogens is 192 g/mol. The summed E-state index contributed by atoms with van der Waals surface area (Å²) in [6, 6.07) is 0. The summed E-state index contributed by atoms with van der Waals surface area (Å²) in [7, 11) is 0. The predicted octanol–water partition coefficient (Wildman–Crippen LogP) is 5.42. The van der Waals surface area contributed by atoms with Gasteiger partial charge in [0.15, 0.2) is 0 Å². The normalized spacial score (nSPS) is 36.2. The monoisotopic (exact) mass is 222 g/mol. The molecule has 2 saturated carbocycles. The summed E-state index contributed by atoms with van der Waals surface area (Å²) in [5.74, 6) is 0.978. The Kier molecular flexibility index (Phi) is 2.92. The molecule has 2 fully saturated rings. The van der Waals surface area contributed by atoms with Gasteiger partial charge in [-0.2, -0.15) is 0 Å². The lowest BCUT2D eigenvalue weighted by Crippen LogP contribution is -2.47. The molecule has 2 aliphatic rings. The maximum atomic E-state index is 2.54. The van der Waals surface area contributed by atoms with Crippen molar-refractivity contribution in [2.24, 2.45) is 22.2 Å². The third kappa shape index (κ3) is 2.05. The molecule has 16 heavy (non-hydrogen) atoms. The van der Waals surface area contributed by atoms with Crippen LogP contribution in [-0.2, 0) is 0 Å². The second-order valence-electron chi connectivity index (χ2n) is 8.19. The zero-order chi connectivity index (χ0) is 12.0. The minimum Gasteiger partial charge on any atom is -0.0625 e. The Morgan fingerprint density at radius 3 is 1.94 bits per heavy atom. The molecule has 0 amide bonds. The Balaban J connectivity index is 2.21. The van der Waals surface area contributed by atoms with Gasteiger partial charge in [0.1, 0.15) is 0 Å². The van der Waals surface area contributed by atoms with Gasteiger partial charge in [-0.25, -0.2) is 0 Å². The van der Waals surface area contributed by atoms with Crippen molar-refractivity contribution in [2.75, 3.05) is 0 Å². The molecule has 0 aliphatic heterocycles. The molecule has 0 radical (unpaired) electrons. The lowest BCUT2D eigenvalue weighted by molar-refractivity contribution is -0.0741. The molecule has 0 N–H and O–H groups in total. The second kappa shape index (κ2) is 3.75. The molecular formula is C16H30. The van der Waals surface area contributed by atoms with E-state index < -0.39 is 0 Å². The molecule has 2 rings (SSSR count). The maximum absolute atomic E-state index is 2.54. The first kappa shape index (κ1) is 12.5. The van der Waals surface area contributed by atoms with Gasteiger partial charge in [-0.3, -0.25) is 0 Å². The molecule has 0 saturated heterocycles. The molecule has 0 aromatic rings. The smallest absolute Gasteiger partial charge is 0.0241 e. The maximum Gasteiger partial charge on any atom is -0.0241 e. The standard InChI is InChI=1S/C16H30/c1-13-6-8-16(9-7-13)12-14(2,3)10-11-15(16,4)5/h13H,6-12H2,1-5H3. The average molecular weight is 222 g/mol. The number of hydrogen-bond donors (Lipinski definition) is 0. The molecule has 0 bridgehead atoms. The SMILES string of the molecule is CC1CCC2(CC1)CC(C)(C)CCC2(C)C. The van der Waals surface area contributed by atoms with Crippen molar-refractivity contribution < 1.29 is 0 Å². The largest absolute Gasteiger partial charge is 0.0625 e. The highest BCUT2D eigenvalue weighted by atomic mass is 14.6. The van der Waals surface area contributed by atoms with Gasteiger partial charge in [0.05, 0.1) is 0 Å². The zero-order valence-corrected chi connectivity index (χ0v) is 12.0. The highest BCUT2D eigenvalue weighted by molar-refractivity contribution is 5.02. The Bertz CT molecular complexity index is 251. The Morgan fingerprint density at radius 2 is 1.38 bits per heavy atom. The first-order chi connectivity index (χ1) is 7.27. The van der Waals surface area contributed by atoms with Gasteiger partial charge in [-0.1, -0.05) is 47.5 Å². The van der Waals surface area contributed by atoms with Gasteiger partial charge in [0.2, 0.25) is 0 Å². The van der Waals surface area contributed by atoms with E-state index in [1.807, 2.05) is 0 Å². The van der Waals surface area contributed by atoms with E-state index in [2.05, 4.69) is 34.6 Å². The van der Waals surface area contributed by atoms with E-state index in [9.17, 15) is 0 Å². The summed E-state index contributed by atoms with van der Waals surface area (Å²) < 4.78 is 0. The van der Waals surface area contributed by atoms with E-state index in [0.717, 1.165) is 5.92 Å². The average Bonchev–Trinajstić information content (AvgIpc) is 2.17. The highest BCUT2D eigenvalue weighted by Crippen LogP contribution is 2.62. The van der Waals surface area contributed by atoms with Crippen LogP contribution in [0.3, 0.4) is 0 Å². The van der Waals surface area contributed by atoms with E-state index in [1.54, 1.807) is 0 Å². The van der Waals surface area contributed by atoms with E-state index >= 15 is 0 Å². The van der Waals surface area contributed by atoms with Crippen LogP contribution in [0.4, 0.5) is 0 Å². The van der Waals surface area contributed by atoms with Crippen LogP contribution in [-0.4, -0.2) is 0 Å². The molecule has 0 heteroatoms. The molecule has 0 aromatic heterocycles. The van der Waals surface area contributed by atoms with E-state index in [0.29, 0.717) is 16.2 Å². The highest BCUT2D eigenvalue weighted by Gasteiger charge is 2.51. The third-order valence-electron chi connectivity index (χ3n) is 5.91. The van der Waals surface area contributed by atoms with Gasteiger partial charge < -0.3 is 0 Å². The molecule has 2 aliphatic carbocycles. The van der Waals surface area contributed by atoms with Crippen LogP contribution < -0.4 is 0 Å². The van der Waals surface area contributed by atoms with Crippen molar-refractivity contribution in [3.05, 3.63) is 0 Å². The summed E-state index contributed by atoms with van der Waals surface area (Å²) in [5.41, 5.74) is 1.85. The van der Waals surface area contributed by atoms with Crippen LogP contribution >= 0.6 is 0 Å². The van der Waals surface area contributed by atoms with Gasteiger partial charge in [-0.05, 0) is 54.3 Å². The Morgan fingerprint density at radius 1 is 0.812 bits per heavy atom. The van der Waals surface area contributed by atoms with E-state index in [1.165, 1.54) is 44.9 Å². The first-order valence-electron chi connectivity index (χ1n) is 7.27. The van der Waals surface area contributed by atoms with Crippen LogP contribution in [0.15, 0.2) is 0 Å². The van der Waals surface area contributed by atoms with Crippen LogP contribution in [0, 0.1) is 22.2 Å². The minimum atomic E-state index is 0.586. The predicted molar refractivity (Wildman–Crippen MR) is 71.5 cm³/mol. The summed E-state index contributed by atoms with van der Waals surface area (Å²) in [6.07, 6.45) is 10.3. The molecule has 0 unspecified atom stereocenters. The summed E-state index contributed by atoms with van der Waals surface area (Å²) in [6.45, 7) is 12.5. The number of rotatable bonds is 0. The lowest BCUT2D eigenvalue weighted by Gasteiger charge is -2.58. The molecule has 94 valence electrons. The number of hydrogen-bond acceptors (Lipinski definition) is 0. The van der Waals surface area contributed by atoms with Gasteiger partial charge in [0.25, 0.3) is 0 Å². The first-order valence-corrected chi connectivity index (χ1v) is 7.27.